The van der Waals surface area contributed by atoms with Crippen molar-refractivity contribution in [3.8, 4) is 5.75 Å². The zero-order chi connectivity index (χ0) is 18.2. The minimum Gasteiger partial charge on any atom is -0.488 e. The van der Waals surface area contributed by atoms with Crippen molar-refractivity contribution < 1.29 is 9.53 Å². The Morgan fingerprint density at radius 2 is 1.81 bits per heavy atom. The number of amides is 1. The Hall–Kier alpha value is -2.99. The van der Waals surface area contributed by atoms with E-state index in [1.807, 2.05) is 30.3 Å². The average molecular weight is 410 g/mol. The molecule has 1 heterocycles. The molecular weight excluding hydrogens is 394 g/mol. The molecule has 0 aliphatic heterocycles. The van der Waals surface area contributed by atoms with E-state index in [1.165, 1.54) is 0 Å². The number of halogens is 1. The number of hydrogen-bond acceptors (Lipinski definition) is 4. The van der Waals surface area contributed by atoms with Gasteiger partial charge in [0.2, 0.25) is 0 Å². The van der Waals surface area contributed by atoms with Crippen LogP contribution < -0.4 is 10.2 Å². The third kappa shape index (κ3) is 5.00. The molecule has 0 spiro atoms. The number of nitrogens with one attached hydrogen (secondary N) is 1. The van der Waals surface area contributed by atoms with Crippen LogP contribution in [0, 0.1) is 0 Å². The predicted octanol–water partition coefficient (Wildman–Crippen LogP) is 4.19. The standard InChI is InChI=1S/C20H16BrN3O2/c21-17-7-5-16(6-8-17)14-26-19-4-2-1-3-18(19)20(25)24-23-13-15-9-11-22-12-10-15/h1-13H,14H2,(H,24,25)/b23-13-. The van der Waals surface area contributed by atoms with Crippen LogP contribution in [0.1, 0.15) is 21.5 Å². The van der Waals surface area contributed by atoms with Crippen molar-refractivity contribution in [2.24, 2.45) is 5.10 Å². The molecule has 0 aliphatic rings. The van der Waals surface area contributed by atoms with Crippen molar-refractivity contribution in [1.82, 2.24) is 10.4 Å². The minimum atomic E-state index is -0.332. The molecule has 0 saturated heterocycles. The molecule has 0 fully saturated rings. The lowest BCUT2D eigenvalue weighted by Gasteiger charge is -2.10. The van der Waals surface area contributed by atoms with E-state index in [0.29, 0.717) is 17.9 Å². The minimum absolute atomic E-state index is 0.332. The third-order valence-corrected chi connectivity index (χ3v) is 4.05. The van der Waals surface area contributed by atoms with Crippen LogP contribution >= 0.6 is 15.9 Å². The summed E-state index contributed by atoms with van der Waals surface area (Å²) in [6, 6.07) is 18.5. The first kappa shape index (κ1) is 17.8. The van der Waals surface area contributed by atoms with Gasteiger partial charge in [0.25, 0.3) is 5.91 Å². The number of carbonyl (C=O) groups excluding carboxylic acids is 1. The number of ether oxygens (including phenoxy) is 1. The first-order valence-corrected chi connectivity index (χ1v) is 8.71. The number of aromatic nitrogens is 1. The van der Waals surface area contributed by atoms with Crippen molar-refractivity contribution in [1.29, 1.82) is 0 Å². The van der Waals surface area contributed by atoms with Gasteiger partial charge in [0.05, 0.1) is 11.8 Å². The fourth-order valence-corrected chi connectivity index (χ4v) is 2.46. The number of hydrazone groups is 1. The Morgan fingerprint density at radius 3 is 2.58 bits per heavy atom. The quantitative estimate of drug-likeness (QED) is 0.490. The first-order chi connectivity index (χ1) is 12.7. The van der Waals surface area contributed by atoms with Crippen molar-refractivity contribution >= 4 is 28.1 Å². The summed E-state index contributed by atoms with van der Waals surface area (Å²) >= 11 is 3.40. The van der Waals surface area contributed by atoms with Gasteiger partial charge in [-0.1, -0.05) is 40.2 Å². The maximum Gasteiger partial charge on any atom is 0.275 e. The highest BCUT2D eigenvalue weighted by Gasteiger charge is 2.11. The molecule has 0 radical (unpaired) electrons. The summed E-state index contributed by atoms with van der Waals surface area (Å²) in [7, 11) is 0. The predicted molar refractivity (Wildman–Crippen MR) is 104 cm³/mol. The van der Waals surface area contributed by atoms with E-state index in [1.54, 1.807) is 48.9 Å². The highest BCUT2D eigenvalue weighted by Crippen LogP contribution is 2.20. The van der Waals surface area contributed by atoms with E-state index in [0.717, 1.165) is 15.6 Å². The summed E-state index contributed by atoms with van der Waals surface area (Å²) < 4.78 is 6.82. The summed E-state index contributed by atoms with van der Waals surface area (Å²) in [5.41, 5.74) is 4.81. The molecule has 3 rings (SSSR count). The number of carbonyl (C=O) groups is 1. The molecule has 5 nitrogen and oxygen atoms in total. The Bertz CT molecular complexity index is 896. The third-order valence-electron chi connectivity index (χ3n) is 3.53. The van der Waals surface area contributed by atoms with Crippen LogP contribution in [-0.2, 0) is 6.61 Å². The number of rotatable bonds is 6. The molecule has 3 aromatic rings. The van der Waals surface area contributed by atoms with Crippen molar-refractivity contribution in [2.75, 3.05) is 0 Å². The van der Waals surface area contributed by atoms with Gasteiger partial charge in [0.15, 0.2) is 0 Å². The van der Waals surface area contributed by atoms with Gasteiger partial charge in [0.1, 0.15) is 12.4 Å². The maximum atomic E-state index is 12.4. The number of hydrogen-bond donors (Lipinski definition) is 1. The number of nitrogens with zero attached hydrogens (tertiary/aromatic N) is 2. The highest BCUT2D eigenvalue weighted by molar-refractivity contribution is 9.10. The molecule has 2 aromatic carbocycles. The molecular formula is C20H16BrN3O2. The molecule has 0 atom stereocenters. The highest BCUT2D eigenvalue weighted by atomic mass is 79.9. The lowest BCUT2D eigenvalue weighted by atomic mass is 10.2. The largest absolute Gasteiger partial charge is 0.488 e. The van der Waals surface area contributed by atoms with Crippen LogP contribution in [0.5, 0.6) is 5.75 Å². The fourth-order valence-electron chi connectivity index (χ4n) is 2.20. The average Bonchev–Trinajstić information content (AvgIpc) is 2.68. The Balaban J connectivity index is 1.65. The lowest BCUT2D eigenvalue weighted by molar-refractivity contribution is 0.0950. The smallest absolute Gasteiger partial charge is 0.275 e. The SMILES string of the molecule is O=C(N/N=C\c1ccncc1)c1ccccc1OCc1ccc(Br)cc1. The van der Waals surface area contributed by atoms with Crippen molar-refractivity contribution in [3.63, 3.8) is 0 Å². The Labute approximate surface area is 159 Å². The van der Waals surface area contributed by atoms with Crippen LogP contribution in [0.25, 0.3) is 0 Å². The molecule has 0 saturated carbocycles. The van der Waals surface area contributed by atoms with Gasteiger partial charge < -0.3 is 4.74 Å². The lowest BCUT2D eigenvalue weighted by Crippen LogP contribution is -2.18. The van der Waals surface area contributed by atoms with E-state index in [2.05, 4.69) is 31.4 Å². The van der Waals surface area contributed by atoms with Crippen LogP contribution in [0.2, 0.25) is 0 Å². The number of benzene rings is 2. The summed E-state index contributed by atoms with van der Waals surface area (Å²) in [6.07, 6.45) is 4.88. The van der Waals surface area contributed by atoms with Gasteiger partial charge in [0, 0.05) is 16.9 Å². The maximum absolute atomic E-state index is 12.4. The Morgan fingerprint density at radius 1 is 1.08 bits per heavy atom. The summed E-state index contributed by atoms with van der Waals surface area (Å²) in [6.45, 7) is 0.373. The van der Waals surface area contributed by atoms with Crippen LogP contribution in [0.3, 0.4) is 0 Å². The van der Waals surface area contributed by atoms with E-state index >= 15 is 0 Å². The summed E-state index contributed by atoms with van der Waals surface area (Å²) in [5.74, 6) is 0.175. The molecule has 1 aromatic heterocycles. The molecule has 1 N–H and O–H groups in total. The van der Waals surface area contributed by atoms with Gasteiger partial charge in [-0.2, -0.15) is 5.10 Å². The zero-order valence-corrected chi connectivity index (χ0v) is 15.4. The first-order valence-electron chi connectivity index (χ1n) is 7.92. The fraction of sp³-hybridized carbons (Fsp3) is 0.0500. The van der Waals surface area contributed by atoms with Crippen LogP contribution in [0.15, 0.2) is 82.6 Å². The van der Waals surface area contributed by atoms with E-state index < -0.39 is 0 Å². The van der Waals surface area contributed by atoms with Gasteiger partial charge in [-0.05, 0) is 47.5 Å². The summed E-state index contributed by atoms with van der Waals surface area (Å²) in [4.78, 5) is 16.3. The Kier molecular flexibility index (Phi) is 6.11. The van der Waals surface area contributed by atoms with Crippen molar-refractivity contribution in [3.05, 3.63) is 94.2 Å². The summed E-state index contributed by atoms with van der Waals surface area (Å²) in [5, 5.41) is 3.97. The van der Waals surface area contributed by atoms with Gasteiger partial charge in [-0.15, -0.1) is 0 Å². The molecule has 6 heteroatoms. The van der Waals surface area contributed by atoms with Gasteiger partial charge in [-0.3, -0.25) is 9.78 Å². The molecule has 26 heavy (non-hydrogen) atoms. The second-order valence-corrected chi connectivity index (χ2v) is 6.31. The van der Waals surface area contributed by atoms with E-state index in [9.17, 15) is 4.79 Å². The monoisotopic (exact) mass is 409 g/mol. The van der Waals surface area contributed by atoms with E-state index in [-0.39, 0.29) is 5.91 Å². The van der Waals surface area contributed by atoms with Crippen LogP contribution in [0.4, 0.5) is 0 Å². The second kappa shape index (κ2) is 8.92. The molecule has 1 amide bonds. The normalized spacial score (nSPS) is 10.7. The molecule has 130 valence electrons. The number of pyridine rings is 1. The van der Waals surface area contributed by atoms with Gasteiger partial charge >= 0.3 is 0 Å². The molecule has 0 aliphatic carbocycles. The van der Waals surface area contributed by atoms with E-state index in [4.69, 9.17) is 4.74 Å². The van der Waals surface area contributed by atoms with Gasteiger partial charge in [-0.25, -0.2) is 5.43 Å². The van der Waals surface area contributed by atoms with Crippen LogP contribution in [-0.4, -0.2) is 17.1 Å². The number of para-hydroxylation sites is 1. The zero-order valence-electron chi connectivity index (χ0n) is 13.8. The second-order valence-electron chi connectivity index (χ2n) is 5.39. The molecule has 0 bridgehead atoms. The topological polar surface area (TPSA) is 63.6 Å². The van der Waals surface area contributed by atoms with Crippen molar-refractivity contribution in [2.45, 2.75) is 6.61 Å². The molecule has 0 unspecified atom stereocenters.